The minimum Gasteiger partial charge on any atom is -0.494 e. The Balaban J connectivity index is 2.51. The average molecular weight is 263 g/mol. The van der Waals surface area contributed by atoms with Gasteiger partial charge in [0, 0.05) is 5.56 Å². The van der Waals surface area contributed by atoms with Crippen LogP contribution in [0.3, 0.4) is 0 Å². The highest BCUT2D eigenvalue weighted by Gasteiger charge is 2.11. The molecule has 1 aromatic carbocycles. The van der Waals surface area contributed by atoms with Gasteiger partial charge >= 0.3 is 0 Å². The smallest absolute Gasteiger partial charge is 0.155 e. The van der Waals surface area contributed by atoms with E-state index in [-0.39, 0.29) is 10.7 Å². The maximum atomic E-state index is 11.0. The highest BCUT2D eigenvalue weighted by Crippen LogP contribution is 2.26. The molecule has 0 aliphatic heterocycles. The number of ether oxygens (including phenoxy) is 1. The van der Waals surface area contributed by atoms with Crippen LogP contribution < -0.4 is 4.74 Å². The highest BCUT2D eigenvalue weighted by molar-refractivity contribution is 6.32. The first-order chi connectivity index (χ1) is 8.76. The molecule has 0 unspecified atom stereocenters. The second-order valence-corrected chi connectivity index (χ2v) is 3.86. The Morgan fingerprint density at radius 3 is 2.94 bits per heavy atom. The summed E-state index contributed by atoms with van der Waals surface area (Å²) in [6.07, 6.45) is 1.99. The molecule has 0 fully saturated rings. The number of halogens is 1. The van der Waals surface area contributed by atoms with E-state index >= 15 is 0 Å². The standard InChI is InChI=1S/C13H11ClN2O2/c1-2-18-10-5-3-4-9(6-10)12-11(7-17)13(14)16-8-15-12/h3-8H,2H2,1H3. The quantitative estimate of drug-likeness (QED) is 0.628. The third-order valence-corrected chi connectivity index (χ3v) is 2.67. The van der Waals surface area contributed by atoms with Crippen molar-refractivity contribution in [3.05, 3.63) is 41.3 Å². The molecule has 0 spiro atoms. The summed E-state index contributed by atoms with van der Waals surface area (Å²) in [6, 6.07) is 7.34. The van der Waals surface area contributed by atoms with Crippen molar-refractivity contribution < 1.29 is 9.53 Å². The van der Waals surface area contributed by atoms with Crippen LogP contribution in [-0.2, 0) is 0 Å². The summed E-state index contributed by atoms with van der Waals surface area (Å²) in [4.78, 5) is 18.9. The monoisotopic (exact) mass is 262 g/mol. The van der Waals surface area contributed by atoms with Gasteiger partial charge in [-0.2, -0.15) is 0 Å². The third kappa shape index (κ3) is 2.49. The number of hydrogen-bond donors (Lipinski definition) is 0. The molecule has 4 nitrogen and oxygen atoms in total. The number of aromatic nitrogens is 2. The fourth-order valence-corrected chi connectivity index (χ4v) is 1.79. The van der Waals surface area contributed by atoms with Crippen molar-refractivity contribution in [1.82, 2.24) is 9.97 Å². The van der Waals surface area contributed by atoms with Crippen LogP contribution >= 0.6 is 11.6 Å². The maximum absolute atomic E-state index is 11.0. The van der Waals surface area contributed by atoms with Gasteiger partial charge in [0.2, 0.25) is 0 Å². The summed E-state index contributed by atoms with van der Waals surface area (Å²) >= 11 is 5.87. The molecule has 92 valence electrons. The van der Waals surface area contributed by atoms with Crippen LogP contribution in [0.15, 0.2) is 30.6 Å². The van der Waals surface area contributed by atoms with Gasteiger partial charge in [0.1, 0.15) is 17.2 Å². The highest BCUT2D eigenvalue weighted by atomic mass is 35.5. The van der Waals surface area contributed by atoms with Crippen molar-refractivity contribution in [2.24, 2.45) is 0 Å². The SMILES string of the molecule is CCOc1cccc(-c2ncnc(Cl)c2C=O)c1. The zero-order valence-corrected chi connectivity index (χ0v) is 10.5. The molecule has 0 amide bonds. The molecule has 0 aliphatic rings. The van der Waals surface area contributed by atoms with Gasteiger partial charge in [-0.05, 0) is 19.1 Å². The van der Waals surface area contributed by atoms with Crippen LogP contribution in [0.5, 0.6) is 5.75 Å². The lowest BCUT2D eigenvalue weighted by atomic mass is 10.1. The first-order valence-electron chi connectivity index (χ1n) is 5.45. The summed E-state index contributed by atoms with van der Waals surface area (Å²) < 4.78 is 5.41. The van der Waals surface area contributed by atoms with E-state index in [1.807, 2.05) is 31.2 Å². The zero-order valence-electron chi connectivity index (χ0n) is 9.76. The van der Waals surface area contributed by atoms with E-state index in [9.17, 15) is 4.79 Å². The molecule has 0 N–H and O–H groups in total. The molecule has 0 saturated heterocycles. The van der Waals surface area contributed by atoms with E-state index in [0.29, 0.717) is 18.6 Å². The Bertz CT molecular complexity index is 573. The lowest BCUT2D eigenvalue weighted by Gasteiger charge is -2.07. The number of carbonyl (C=O) groups excluding carboxylic acids is 1. The van der Waals surface area contributed by atoms with E-state index in [1.54, 1.807) is 0 Å². The fraction of sp³-hybridized carbons (Fsp3) is 0.154. The van der Waals surface area contributed by atoms with Crippen LogP contribution in [0.2, 0.25) is 5.15 Å². The van der Waals surface area contributed by atoms with E-state index < -0.39 is 0 Å². The molecule has 0 aliphatic carbocycles. The van der Waals surface area contributed by atoms with E-state index in [2.05, 4.69) is 9.97 Å². The van der Waals surface area contributed by atoms with Crippen molar-refractivity contribution >= 4 is 17.9 Å². The topological polar surface area (TPSA) is 52.1 Å². The Labute approximate surface area is 110 Å². The first kappa shape index (κ1) is 12.5. The average Bonchev–Trinajstić information content (AvgIpc) is 2.39. The maximum Gasteiger partial charge on any atom is 0.155 e. The number of carbonyl (C=O) groups is 1. The van der Waals surface area contributed by atoms with E-state index in [1.165, 1.54) is 6.33 Å². The van der Waals surface area contributed by atoms with Gasteiger partial charge < -0.3 is 4.74 Å². The normalized spacial score (nSPS) is 10.1. The lowest BCUT2D eigenvalue weighted by molar-refractivity contribution is 0.112. The molecule has 0 bridgehead atoms. The summed E-state index contributed by atoms with van der Waals surface area (Å²) in [5, 5.41) is 0.150. The fourth-order valence-electron chi connectivity index (χ4n) is 1.61. The van der Waals surface area contributed by atoms with Crippen molar-refractivity contribution in [3.8, 4) is 17.0 Å². The van der Waals surface area contributed by atoms with Gasteiger partial charge in [0.25, 0.3) is 0 Å². The molecule has 0 radical (unpaired) electrons. The molecule has 1 heterocycles. The van der Waals surface area contributed by atoms with Crippen molar-refractivity contribution in [2.75, 3.05) is 6.61 Å². The van der Waals surface area contributed by atoms with Crippen LogP contribution in [0.1, 0.15) is 17.3 Å². The first-order valence-corrected chi connectivity index (χ1v) is 5.83. The van der Waals surface area contributed by atoms with Gasteiger partial charge in [0.15, 0.2) is 6.29 Å². The minimum atomic E-state index is 0.150. The van der Waals surface area contributed by atoms with Crippen LogP contribution in [0, 0.1) is 0 Å². The van der Waals surface area contributed by atoms with Gasteiger partial charge in [0.05, 0.1) is 17.9 Å². The lowest BCUT2D eigenvalue weighted by Crippen LogP contribution is -1.96. The molecular weight excluding hydrogens is 252 g/mol. The Morgan fingerprint density at radius 2 is 2.22 bits per heavy atom. The van der Waals surface area contributed by atoms with Crippen LogP contribution in [-0.4, -0.2) is 22.9 Å². The molecule has 2 rings (SSSR count). The summed E-state index contributed by atoms with van der Waals surface area (Å²) in [5.41, 5.74) is 1.56. The largest absolute Gasteiger partial charge is 0.494 e. The van der Waals surface area contributed by atoms with Crippen molar-refractivity contribution in [2.45, 2.75) is 6.92 Å². The Morgan fingerprint density at radius 1 is 1.39 bits per heavy atom. The van der Waals surface area contributed by atoms with E-state index in [4.69, 9.17) is 16.3 Å². The van der Waals surface area contributed by atoms with Gasteiger partial charge in [-0.1, -0.05) is 23.7 Å². The molecule has 1 aromatic heterocycles. The molecule has 18 heavy (non-hydrogen) atoms. The zero-order chi connectivity index (χ0) is 13.0. The predicted octanol–water partition coefficient (Wildman–Crippen LogP) is 3.01. The van der Waals surface area contributed by atoms with E-state index in [0.717, 1.165) is 11.3 Å². The van der Waals surface area contributed by atoms with Crippen molar-refractivity contribution in [1.29, 1.82) is 0 Å². The summed E-state index contributed by atoms with van der Waals surface area (Å²) in [7, 11) is 0. The predicted molar refractivity (Wildman–Crippen MR) is 69.0 cm³/mol. The number of hydrogen-bond acceptors (Lipinski definition) is 4. The molecule has 0 saturated carbocycles. The Hall–Kier alpha value is -1.94. The molecule has 5 heteroatoms. The Kier molecular flexibility index (Phi) is 3.89. The number of nitrogens with zero attached hydrogens (tertiary/aromatic N) is 2. The second-order valence-electron chi connectivity index (χ2n) is 3.51. The van der Waals surface area contributed by atoms with Crippen molar-refractivity contribution in [3.63, 3.8) is 0 Å². The number of aldehydes is 1. The molecule has 0 atom stereocenters. The van der Waals surface area contributed by atoms with Crippen LogP contribution in [0.25, 0.3) is 11.3 Å². The summed E-state index contributed by atoms with van der Waals surface area (Å²) in [5.74, 6) is 0.724. The molecule has 2 aromatic rings. The number of benzene rings is 1. The van der Waals surface area contributed by atoms with Gasteiger partial charge in [-0.25, -0.2) is 9.97 Å². The third-order valence-electron chi connectivity index (χ3n) is 2.37. The molecular formula is C13H11ClN2O2. The van der Waals surface area contributed by atoms with Crippen LogP contribution in [0.4, 0.5) is 0 Å². The summed E-state index contributed by atoms with van der Waals surface area (Å²) in [6.45, 7) is 2.49. The minimum absolute atomic E-state index is 0.150. The van der Waals surface area contributed by atoms with Gasteiger partial charge in [-0.3, -0.25) is 4.79 Å². The second kappa shape index (κ2) is 5.60. The van der Waals surface area contributed by atoms with Gasteiger partial charge in [-0.15, -0.1) is 0 Å². The number of rotatable bonds is 4.